The number of hydrogen-bond acceptors (Lipinski definition) is 0. The van der Waals surface area contributed by atoms with E-state index in [0.29, 0.717) is 0 Å². The van der Waals surface area contributed by atoms with Crippen molar-refractivity contribution in [1.82, 2.24) is 0 Å². The maximum absolute atomic E-state index is 2.70. The molecule has 0 spiro atoms. The average molecular weight is 259 g/mol. The fraction of sp³-hybridized carbons (Fsp3) is 0.500. The van der Waals surface area contributed by atoms with Crippen LogP contribution in [0.15, 0.2) is 21.6 Å². The maximum Gasteiger partial charge on any atom is -1.00 e. The monoisotopic (exact) mass is 258 g/mol. The van der Waals surface area contributed by atoms with Crippen LogP contribution >= 0.6 is 0 Å². The van der Waals surface area contributed by atoms with Crippen LogP contribution in [0.1, 0.15) is 6.42 Å². The molecule has 4 heteroatoms. The first-order valence-electron chi connectivity index (χ1n) is 3.61. The van der Waals surface area contributed by atoms with Crippen LogP contribution in [0.2, 0.25) is 19.6 Å². The Morgan fingerprint density at radius 3 is 1.92 bits per heavy atom. The van der Waals surface area contributed by atoms with E-state index in [1.807, 2.05) is 0 Å². The first-order chi connectivity index (χ1) is 4.52. The van der Waals surface area contributed by atoms with E-state index in [4.69, 9.17) is 0 Å². The standard InChI is InChI=1S/C8H13Si.2ClH.V/c1-9(2,3)8-6-4-5-7-8;;;/h4,6H,5H2,1-3H3;2*1H;/q;;;+2/p-2. The molecule has 0 N–H and O–H groups in total. The van der Waals surface area contributed by atoms with Gasteiger partial charge in [0.25, 0.3) is 0 Å². The molecule has 0 aromatic heterocycles. The summed E-state index contributed by atoms with van der Waals surface area (Å²) in [4.78, 5) is 0. The molecular formula is C8H13Cl2SiV. The minimum absolute atomic E-state index is 0. The molecule has 1 rings (SSSR count). The quantitative estimate of drug-likeness (QED) is 0.431. The van der Waals surface area contributed by atoms with Crippen molar-refractivity contribution in [1.29, 1.82) is 0 Å². The van der Waals surface area contributed by atoms with E-state index < -0.39 is 8.07 Å². The van der Waals surface area contributed by atoms with E-state index in [9.17, 15) is 0 Å². The summed E-state index contributed by atoms with van der Waals surface area (Å²) in [6, 6.07) is 0. The Hall–Kier alpha value is 0.861. The second-order valence-electron chi connectivity index (χ2n) is 3.72. The molecule has 0 aliphatic heterocycles. The summed E-state index contributed by atoms with van der Waals surface area (Å²) in [7, 11) is -1.01. The zero-order chi connectivity index (χ0) is 7.78. The third kappa shape index (κ3) is 3.72. The minimum atomic E-state index is -1.01. The van der Waals surface area contributed by atoms with E-state index >= 15 is 0 Å². The van der Waals surface area contributed by atoms with Gasteiger partial charge in [-0.15, -0.1) is 0 Å². The summed E-state index contributed by atoms with van der Waals surface area (Å²) in [5.74, 6) is 0. The van der Waals surface area contributed by atoms with Crippen LogP contribution in [0.25, 0.3) is 0 Å². The Kier molecular flexibility index (Phi) is 7.11. The first kappa shape index (κ1) is 15.3. The fourth-order valence-corrected chi connectivity index (χ4v) is 4.62. The maximum atomic E-state index is 2.70. The van der Waals surface area contributed by atoms with Crippen LogP contribution < -0.4 is 24.8 Å². The summed E-state index contributed by atoms with van der Waals surface area (Å²) in [6.45, 7) is 7.18. The van der Waals surface area contributed by atoms with Gasteiger partial charge >= 0.3 is 73.2 Å². The van der Waals surface area contributed by atoms with Gasteiger partial charge in [0.15, 0.2) is 0 Å². The van der Waals surface area contributed by atoms with E-state index in [-0.39, 0.29) is 24.8 Å². The van der Waals surface area contributed by atoms with Gasteiger partial charge < -0.3 is 24.8 Å². The SMILES string of the molecule is C[Si](C)(C)C1=[C]([V+2])CC=C1.[Cl-].[Cl-]. The van der Waals surface area contributed by atoms with Crippen LogP contribution in [0.3, 0.4) is 0 Å². The molecule has 0 saturated carbocycles. The van der Waals surface area contributed by atoms with Gasteiger partial charge in [-0.1, -0.05) is 0 Å². The molecule has 0 fully saturated rings. The minimum Gasteiger partial charge on any atom is -1.00 e. The van der Waals surface area contributed by atoms with Crippen molar-refractivity contribution in [2.75, 3.05) is 0 Å². The van der Waals surface area contributed by atoms with Gasteiger partial charge in [-0.25, -0.2) is 0 Å². The summed E-state index contributed by atoms with van der Waals surface area (Å²) in [5.41, 5.74) is 0. The van der Waals surface area contributed by atoms with Gasteiger partial charge in [0.05, 0.1) is 0 Å². The van der Waals surface area contributed by atoms with Gasteiger partial charge in [0.1, 0.15) is 0 Å². The fourth-order valence-electron chi connectivity index (χ4n) is 1.18. The van der Waals surface area contributed by atoms with Crippen LogP contribution in [0.5, 0.6) is 0 Å². The Bertz CT molecular complexity index is 204. The molecule has 0 unspecified atom stereocenters. The normalized spacial score (nSPS) is 15.5. The molecule has 0 atom stereocenters. The van der Waals surface area contributed by atoms with Crippen LogP contribution in [-0.2, 0) is 17.4 Å². The Morgan fingerprint density at radius 1 is 1.25 bits per heavy atom. The van der Waals surface area contributed by atoms with Gasteiger partial charge in [-0.3, -0.25) is 0 Å². The molecule has 0 aromatic carbocycles. The van der Waals surface area contributed by atoms with Gasteiger partial charge in [0.2, 0.25) is 0 Å². The van der Waals surface area contributed by atoms with Gasteiger partial charge in [-0.05, 0) is 0 Å². The van der Waals surface area contributed by atoms with Crippen LogP contribution in [-0.4, -0.2) is 8.07 Å². The predicted octanol–water partition coefficient (Wildman–Crippen LogP) is -3.37. The third-order valence-corrected chi connectivity index (χ3v) is 4.80. The molecule has 0 amide bonds. The number of allylic oxidation sites excluding steroid dienone is 4. The third-order valence-electron chi connectivity index (χ3n) is 1.71. The number of hydrogen-bond donors (Lipinski definition) is 0. The molecule has 68 valence electrons. The van der Waals surface area contributed by atoms with Gasteiger partial charge in [-0.2, -0.15) is 0 Å². The van der Waals surface area contributed by atoms with Crippen molar-refractivity contribution in [3.05, 3.63) is 21.6 Å². The summed E-state index contributed by atoms with van der Waals surface area (Å²) < 4.78 is 1.53. The average Bonchev–Trinajstić information content (AvgIpc) is 2.11. The van der Waals surface area contributed by atoms with Crippen molar-refractivity contribution in [3.8, 4) is 0 Å². The summed E-state index contributed by atoms with van der Waals surface area (Å²) >= 11 is 2.70. The molecular weight excluding hydrogens is 246 g/mol. The molecule has 0 aromatic rings. The van der Waals surface area contributed by atoms with Crippen molar-refractivity contribution in [2.24, 2.45) is 0 Å². The largest absolute Gasteiger partial charge is 1.00 e. The van der Waals surface area contributed by atoms with Crippen LogP contribution in [0, 0.1) is 0 Å². The zero-order valence-corrected chi connectivity index (χ0v) is 11.5. The van der Waals surface area contributed by atoms with E-state index in [1.165, 1.54) is 10.7 Å². The molecule has 1 aliphatic carbocycles. The predicted molar refractivity (Wildman–Crippen MR) is 44.1 cm³/mol. The molecule has 0 saturated heterocycles. The Balaban J connectivity index is 0. The Morgan fingerprint density at radius 2 is 1.75 bits per heavy atom. The number of rotatable bonds is 1. The second kappa shape index (κ2) is 5.56. The molecule has 0 bridgehead atoms. The van der Waals surface area contributed by atoms with Gasteiger partial charge in [0, 0.05) is 0 Å². The topological polar surface area (TPSA) is 0 Å². The van der Waals surface area contributed by atoms with E-state index in [1.54, 1.807) is 5.20 Å². The molecule has 1 aliphatic rings. The molecule has 0 radical (unpaired) electrons. The van der Waals surface area contributed by atoms with E-state index in [0.717, 1.165) is 0 Å². The summed E-state index contributed by atoms with van der Waals surface area (Å²) in [5, 5.41) is 1.63. The molecule has 0 heterocycles. The smallest absolute Gasteiger partial charge is 1.00 e. The molecule has 12 heavy (non-hydrogen) atoms. The van der Waals surface area contributed by atoms with Crippen molar-refractivity contribution < 1.29 is 42.2 Å². The van der Waals surface area contributed by atoms with Crippen molar-refractivity contribution in [2.45, 2.75) is 26.1 Å². The first-order valence-corrected chi connectivity index (χ1v) is 7.81. The van der Waals surface area contributed by atoms with E-state index in [2.05, 4.69) is 49.2 Å². The Labute approximate surface area is 97.7 Å². The van der Waals surface area contributed by atoms with Crippen molar-refractivity contribution in [3.63, 3.8) is 0 Å². The van der Waals surface area contributed by atoms with Crippen LogP contribution in [0.4, 0.5) is 0 Å². The van der Waals surface area contributed by atoms with Crippen molar-refractivity contribution >= 4 is 8.07 Å². The zero-order valence-electron chi connectivity index (χ0n) is 7.56. The number of halogens is 2. The second-order valence-corrected chi connectivity index (χ2v) is 9.60. The summed E-state index contributed by atoms with van der Waals surface area (Å²) in [6.07, 6.45) is 5.74. The molecule has 0 nitrogen and oxygen atoms in total.